The maximum Gasteiger partial charge on any atom is 0.331 e. The number of aliphatic carboxylic acids is 1. The van der Waals surface area contributed by atoms with Crippen molar-refractivity contribution in [2.45, 2.75) is 33.1 Å². The predicted octanol–water partition coefficient (Wildman–Crippen LogP) is 8.83. The van der Waals surface area contributed by atoms with Crippen molar-refractivity contribution < 1.29 is 19.4 Å². The zero-order chi connectivity index (χ0) is 29.2. The molecule has 0 aliphatic heterocycles. The van der Waals surface area contributed by atoms with E-state index in [0.29, 0.717) is 22.1 Å². The van der Waals surface area contributed by atoms with Crippen LogP contribution in [0, 0.1) is 0 Å². The molecule has 4 aromatic rings. The van der Waals surface area contributed by atoms with E-state index < -0.39 is 11.9 Å². The number of amides is 1. The number of anilines is 1. The molecular weight excluding hydrogens is 567 g/mol. The van der Waals surface area contributed by atoms with Crippen molar-refractivity contribution >= 4 is 57.6 Å². The molecule has 0 atom stereocenters. The van der Waals surface area contributed by atoms with Gasteiger partial charge in [-0.25, -0.2) is 9.78 Å². The smallest absolute Gasteiger partial charge is 0.331 e. The summed E-state index contributed by atoms with van der Waals surface area (Å²) in [4.78, 5) is 28.7. The molecule has 1 amide bonds. The fourth-order valence-corrected chi connectivity index (χ4v) is 5.39. The van der Waals surface area contributed by atoms with Gasteiger partial charge in [0.2, 0.25) is 0 Å². The number of methoxy groups -OCH3 is 1. The lowest BCUT2D eigenvalue weighted by atomic mass is 9.86. The Morgan fingerprint density at radius 2 is 1.65 bits per heavy atom. The van der Waals surface area contributed by atoms with Crippen molar-refractivity contribution in [3.05, 3.63) is 92.3 Å². The summed E-state index contributed by atoms with van der Waals surface area (Å²) in [5.74, 6) is -0.850. The molecule has 0 radical (unpaired) electrons. The average Bonchev–Trinajstić information content (AvgIpc) is 3.37. The van der Waals surface area contributed by atoms with Crippen LogP contribution in [0.4, 0.5) is 5.13 Å². The van der Waals surface area contributed by atoms with Gasteiger partial charge in [0.05, 0.1) is 22.8 Å². The Morgan fingerprint density at radius 1 is 1.02 bits per heavy atom. The lowest BCUT2D eigenvalue weighted by Crippen LogP contribution is -2.12. The van der Waals surface area contributed by atoms with Gasteiger partial charge in [0, 0.05) is 33.2 Å². The largest absolute Gasteiger partial charge is 0.495 e. The van der Waals surface area contributed by atoms with E-state index in [1.54, 1.807) is 7.11 Å². The van der Waals surface area contributed by atoms with Gasteiger partial charge in [0.25, 0.3) is 5.91 Å². The molecule has 1 heterocycles. The van der Waals surface area contributed by atoms with E-state index in [-0.39, 0.29) is 26.6 Å². The molecule has 0 saturated carbocycles. The zero-order valence-electron chi connectivity index (χ0n) is 22.6. The van der Waals surface area contributed by atoms with Gasteiger partial charge in [-0.15, -0.1) is 11.3 Å². The number of ether oxygens (including phenoxy) is 1. The third-order valence-corrected chi connectivity index (χ3v) is 7.70. The van der Waals surface area contributed by atoms with E-state index in [4.69, 9.17) is 33.0 Å². The van der Waals surface area contributed by atoms with Gasteiger partial charge in [-0.1, -0.05) is 80.4 Å². The number of hydrogen-bond acceptors (Lipinski definition) is 5. The van der Waals surface area contributed by atoms with Gasteiger partial charge in [0.1, 0.15) is 5.75 Å². The second kappa shape index (κ2) is 11.8. The van der Waals surface area contributed by atoms with Crippen molar-refractivity contribution in [2.75, 3.05) is 12.4 Å². The topological polar surface area (TPSA) is 88.5 Å². The van der Waals surface area contributed by atoms with E-state index in [2.05, 4.69) is 55.3 Å². The number of rotatable bonds is 7. The number of hydrogen-bond donors (Lipinski definition) is 2. The molecule has 0 spiro atoms. The number of halogens is 2. The van der Waals surface area contributed by atoms with Crippen LogP contribution in [0.1, 0.15) is 49.2 Å². The molecule has 0 aliphatic carbocycles. The minimum atomic E-state index is -1.09. The maximum atomic E-state index is 13.0. The highest BCUT2D eigenvalue weighted by Crippen LogP contribution is 2.40. The number of thiazole rings is 1. The van der Waals surface area contributed by atoms with Crippen LogP contribution in [0.5, 0.6) is 5.75 Å². The third-order valence-electron chi connectivity index (χ3n) is 6.32. The van der Waals surface area contributed by atoms with Crippen LogP contribution in [0.2, 0.25) is 10.0 Å². The molecule has 3 aromatic carbocycles. The first kappa shape index (κ1) is 29.3. The summed E-state index contributed by atoms with van der Waals surface area (Å²) in [6.07, 6.45) is 1.36. The molecule has 4 rings (SSSR count). The number of carboxylic acid groups (broad SMARTS) is 1. The highest BCUT2D eigenvalue weighted by molar-refractivity contribution is 7.14. The van der Waals surface area contributed by atoms with Crippen molar-refractivity contribution in [1.29, 1.82) is 0 Å². The fourth-order valence-electron chi connectivity index (χ4n) is 4.09. The molecule has 0 saturated heterocycles. The molecule has 0 fully saturated rings. The highest BCUT2D eigenvalue weighted by Gasteiger charge is 2.19. The Labute approximate surface area is 247 Å². The van der Waals surface area contributed by atoms with Crippen LogP contribution in [0.3, 0.4) is 0 Å². The summed E-state index contributed by atoms with van der Waals surface area (Å²) in [5, 5.41) is 14.5. The van der Waals surface area contributed by atoms with Crippen LogP contribution in [0.25, 0.3) is 28.5 Å². The third kappa shape index (κ3) is 6.39. The SMILES string of the molecule is COc1c(-c2ccc(C(C)(C)C)cc2)cccc1-c1csc(NC(=O)c2cc(Cl)c(C=C(C)C(=O)O)c(Cl)c2)n1. The van der Waals surface area contributed by atoms with Crippen molar-refractivity contribution in [3.63, 3.8) is 0 Å². The number of carboxylic acids is 1. The Hall–Kier alpha value is -3.65. The normalized spacial score (nSPS) is 11.8. The second-order valence-corrected chi connectivity index (χ2v) is 11.9. The van der Waals surface area contributed by atoms with E-state index in [1.165, 1.54) is 42.0 Å². The summed E-state index contributed by atoms with van der Waals surface area (Å²) >= 11 is 13.9. The first-order valence-electron chi connectivity index (χ1n) is 12.3. The van der Waals surface area contributed by atoms with Gasteiger partial charge < -0.3 is 9.84 Å². The van der Waals surface area contributed by atoms with Gasteiger partial charge in [0.15, 0.2) is 5.13 Å². The van der Waals surface area contributed by atoms with Crippen LogP contribution >= 0.6 is 34.5 Å². The summed E-state index contributed by atoms with van der Waals surface area (Å²) in [6.45, 7) is 7.98. The van der Waals surface area contributed by atoms with Gasteiger partial charge in [-0.05, 0) is 47.7 Å². The number of para-hydroxylation sites is 1. The molecule has 0 aliphatic rings. The molecule has 6 nitrogen and oxygen atoms in total. The zero-order valence-corrected chi connectivity index (χ0v) is 25.0. The first-order valence-corrected chi connectivity index (χ1v) is 14.0. The maximum absolute atomic E-state index is 13.0. The van der Waals surface area contributed by atoms with Crippen molar-refractivity contribution in [1.82, 2.24) is 4.98 Å². The van der Waals surface area contributed by atoms with Gasteiger partial charge >= 0.3 is 5.97 Å². The number of nitrogens with one attached hydrogen (secondary N) is 1. The number of aromatic nitrogens is 1. The highest BCUT2D eigenvalue weighted by atomic mass is 35.5. The Morgan fingerprint density at radius 3 is 2.23 bits per heavy atom. The summed E-state index contributed by atoms with van der Waals surface area (Å²) in [5.41, 5.74) is 5.34. The molecule has 0 bridgehead atoms. The first-order chi connectivity index (χ1) is 18.9. The number of benzene rings is 3. The quantitative estimate of drug-likeness (QED) is 0.209. The second-order valence-electron chi connectivity index (χ2n) is 10.2. The minimum Gasteiger partial charge on any atom is -0.495 e. The van der Waals surface area contributed by atoms with E-state index >= 15 is 0 Å². The molecule has 9 heteroatoms. The molecule has 1 aromatic heterocycles. The average molecular weight is 596 g/mol. The van der Waals surface area contributed by atoms with E-state index in [0.717, 1.165) is 16.7 Å². The van der Waals surface area contributed by atoms with Crippen LogP contribution in [-0.2, 0) is 10.2 Å². The summed E-state index contributed by atoms with van der Waals surface area (Å²) < 4.78 is 5.83. The summed E-state index contributed by atoms with van der Waals surface area (Å²) in [6, 6.07) is 17.2. The van der Waals surface area contributed by atoms with E-state index in [9.17, 15) is 9.59 Å². The van der Waals surface area contributed by atoms with Crippen molar-refractivity contribution in [2.24, 2.45) is 0 Å². The molecule has 206 valence electrons. The predicted molar refractivity (Wildman–Crippen MR) is 164 cm³/mol. The van der Waals surface area contributed by atoms with Crippen LogP contribution < -0.4 is 10.1 Å². The molecular formula is C31H28Cl2N2O4S. The lowest BCUT2D eigenvalue weighted by molar-refractivity contribution is -0.132. The standard InChI is InChI=1S/C31H28Cl2N2O4S/c1-17(29(37)38)13-23-24(32)14-19(15-25(23)33)28(36)35-30-34-26(16-40-30)22-8-6-7-21(27(22)39-5)18-9-11-20(12-10-18)31(2,3)4/h6-16H,1-5H3,(H,37,38)(H,34,35,36). The van der Waals surface area contributed by atoms with E-state index in [1.807, 2.05) is 23.6 Å². The Kier molecular flexibility index (Phi) is 8.68. The molecule has 0 unspecified atom stereocenters. The molecule has 2 N–H and O–H groups in total. The number of carbonyl (C=O) groups is 2. The monoisotopic (exact) mass is 594 g/mol. The van der Waals surface area contributed by atoms with Gasteiger partial charge in [-0.2, -0.15) is 0 Å². The number of nitrogens with zero attached hydrogens (tertiary/aromatic N) is 1. The van der Waals surface area contributed by atoms with Crippen LogP contribution in [0.15, 0.2) is 65.6 Å². The van der Waals surface area contributed by atoms with Gasteiger partial charge in [-0.3, -0.25) is 10.1 Å². The van der Waals surface area contributed by atoms with Crippen molar-refractivity contribution in [3.8, 4) is 28.1 Å². The fraction of sp³-hybridized carbons (Fsp3) is 0.194. The number of carbonyl (C=O) groups excluding carboxylic acids is 1. The Bertz CT molecular complexity index is 1600. The molecule has 40 heavy (non-hydrogen) atoms. The minimum absolute atomic E-state index is 0.0566. The Balaban J connectivity index is 1.59. The van der Waals surface area contributed by atoms with Crippen LogP contribution in [-0.4, -0.2) is 29.1 Å². The lowest BCUT2D eigenvalue weighted by Gasteiger charge is -2.19. The summed E-state index contributed by atoms with van der Waals surface area (Å²) in [7, 11) is 1.63.